The molecule has 1 aromatic carbocycles. The van der Waals surface area contributed by atoms with Gasteiger partial charge in [0.05, 0.1) is 17.1 Å². The SMILES string of the molecule is CC(=N)C(C(C)=O)c1ccc2[nH]c(=O)n3c2c1OCC3(C(N)=O)c1ccccn1. The first-order valence-electron chi connectivity index (χ1n) is 8.97. The van der Waals surface area contributed by atoms with Crippen LogP contribution in [0.2, 0.25) is 0 Å². The highest BCUT2D eigenvalue weighted by atomic mass is 16.5. The van der Waals surface area contributed by atoms with Crippen LogP contribution in [0.15, 0.2) is 41.3 Å². The summed E-state index contributed by atoms with van der Waals surface area (Å²) in [5.74, 6) is -1.55. The number of benzene rings is 1. The molecule has 2 atom stereocenters. The van der Waals surface area contributed by atoms with Gasteiger partial charge in [0.1, 0.15) is 23.7 Å². The molecule has 0 saturated carbocycles. The molecule has 0 fully saturated rings. The van der Waals surface area contributed by atoms with Gasteiger partial charge in [-0.2, -0.15) is 0 Å². The van der Waals surface area contributed by atoms with Crippen LogP contribution >= 0.6 is 0 Å². The lowest BCUT2D eigenvalue weighted by atomic mass is 9.88. The monoisotopic (exact) mass is 393 g/mol. The number of primary amides is 1. The number of carbonyl (C=O) groups is 2. The highest BCUT2D eigenvalue weighted by Crippen LogP contribution is 2.41. The molecule has 0 aliphatic carbocycles. The Hall–Kier alpha value is -3.75. The van der Waals surface area contributed by atoms with Gasteiger partial charge in [-0.15, -0.1) is 0 Å². The summed E-state index contributed by atoms with van der Waals surface area (Å²) >= 11 is 0. The average molecular weight is 393 g/mol. The predicted molar refractivity (Wildman–Crippen MR) is 105 cm³/mol. The van der Waals surface area contributed by atoms with Crippen molar-refractivity contribution in [1.82, 2.24) is 14.5 Å². The summed E-state index contributed by atoms with van der Waals surface area (Å²) < 4.78 is 7.24. The molecule has 148 valence electrons. The van der Waals surface area contributed by atoms with Crippen molar-refractivity contribution >= 4 is 28.4 Å². The van der Waals surface area contributed by atoms with Gasteiger partial charge in [0, 0.05) is 17.5 Å². The number of amides is 1. The predicted octanol–water partition coefficient (Wildman–Crippen LogP) is 1.06. The van der Waals surface area contributed by atoms with E-state index in [9.17, 15) is 14.4 Å². The summed E-state index contributed by atoms with van der Waals surface area (Å²) in [4.78, 5) is 44.7. The summed E-state index contributed by atoms with van der Waals surface area (Å²) in [5.41, 5.74) is 5.21. The van der Waals surface area contributed by atoms with Crippen molar-refractivity contribution in [3.05, 3.63) is 58.3 Å². The van der Waals surface area contributed by atoms with Crippen LogP contribution in [-0.4, -0.2) is 38.5 Å². The number of pyridine rings is 1. The molecule has 1 aliphatic heterocycles. The van der Waals surface area contributed by atoms with E-state index in [1.165, 1.54) is 24.6 Å². The summed E-state index contributed by atoms with van der Waals surface area (Å²) in [6.07, 6.45) is 1.51. The van der Waals surface area contributed by atoms with Crippen LogP contribution in [0.1, 0.15) is 31.0 Å². The fourth-order valence-corrected chi connectivity index (χ4v) is 4.03. The quantitative estimate of drug-likeness (QED) is 0.555. The lowest BCUT2D eigenvalue weighted by Gasteiger charge is -2.36. The number of nitrogens with one attached hydrogen (secondary N) is 2. The molecule has 29 heavy (non-hydrogen) atoms. The highest BCUT2D eigenvalue weighted by molar-refractivity contribution is 6.08. The molecule has 0 bridgehead atoms. The number of imidazole rings is 1. The van der Waals surface area contributed by atoms with Crippen LogP contribution < -0.4 is 16.2 Å². The summed E-state index contributed by atoms with van der Waals surface area (Å²) in [6, 6.07) is 8.27. The first-order valence-corrected chi connectivity index (χ1v) is 8.97. The van der Waals surface area contributed by atoms with Gasteiger partial charge in [-0.25, -0.2) is 4.79 Å². The zero-order chi connectivity index (χ0) is 20.9. The zero-order valence-corrected chi connectivity index (χ0v) is 15.9. The Balaban J connectivity index is 2.10. The van der Waals surface area contributed by atoms with E-state index in [0.29, 0.717) is 16.6 Å². The first kappa shape index (κ1) is 18.6. The minimum absolute atomic E-state index is 0.151. The van der Waals surface area contributed by atoms with Crippen LogP contribution in [0.4, 0.5) is 0 Å². The third-order valence-corrected chi connectivity index (χ3v) is 5.28. The number of hydrogen-bond donors (Lipinski definition) is 3. The van der Waals surface area contributed by atoms with Crippen molar-refractivity contribution in [2.24, 2.45) is 5.73 Å². The first-order chi connectivity index (χ1) is 13.8. The third kappa shape index (κ3) is 2.50. The van der Waals surface area contributed by atoms with Crippen LogP contribution in [0.5, 0.6) is 5.75 Å². The molecule has 4 N–H and O–H groups in total. The lowest BCUT2D eigenvalue weighted by Crippen LogP contribution is -2.56. The lowest BCUT2D eigenvalue weighted by molar-refractivity contribution is -0.126. The second-order valence-electron chi connectivity index (χ2n) is 7.10. The smallest absolute Gasteiger partial charge is 0.327 e. The van der Waals surface area contributed by atoms with Crippen molar-refractivity contribution in [3.63, 3.8) is 0 Å². The van der Waals surface area contributed by atoms with Gasteiger partial charge in [-0.3, -0.25) is 19.1 Å². The number of nitrogens with two attached hydrogens (primary N) is 1. The topological polar surface area (TPSA) is 144 Å². The summed E-state index contributed by atoms with van der Waals surface area (Å²) in [7, 11) is 0. The van der Waals surface area contributed by atoms with Crippen molar-refractivity contribution < 1.29 is 14.3 Å². The van der Waals surface area contributed by atoms with Gasteiger partial charge in [-0.1, -0.05) is 12.1 Å². The van der Waals surface area contributed by atoms with E-state index < -0.39 is 23.1 Å². The normalized spacial score (nSPS) is 18.8. The minimum Gasteiger partial charge on any atom is -0.488 e. The molecule has 1 aliphatic rings. The van der Waals surface area contributed by atoms with Gasteiger partial charge in [0.25, 0.3) is 5.91 Å². The van der Waals surface area contributed by atoms with Crippen molar-refractivity contribution in [3.8, 4) is 5.75 Å². The van der Waals surface area contributed by atoms with Crippen LogP contribution in [-0.2, 0) is 15.1 Å². The zero-order valence-electron chi connectivity index (χ0n) is 15.9. The molecule has 3 aromatic rings. The fraction of sp³-hybridized carbons (Fsp3) is 0.250. The Labute approximate surface area is 165 Å². The van der Waals surface area contributed by atoms with Gasteiger partial charge in [-0.05, 0) is 32.0 Å². The fourth-order valence-electron chi connectivity index (χ4n) is 4.03. The molecule has 2 unspecified atom stereocenters. The van der Waals surface area contributed by atoms with Crippen LogP contribution in [0, 0.1) is 5.41 Å². The van der Waals surface area contributed by atoms with Gasteiger partial charge in [0.15, 0.2) is 0 Å². The molecule has 0 radical (unpaired) electrons. The molecule has 1 amide bonds. The Bertz CT molecular complexity index is 1210. The Morgan fingerprint density at radius 3 is 2.66 bits per heavy atom. The molecule has 0 saturated heterocycles. The van der Waals surface area contributed by atoms with E-state index in [4.69, 9.17) is 15.9 Å². The molecule has 9 heteroatoms. The maximum atomic E-state index is 12.9. The minimum atomic E-state index is -1.65. The van der Waals surface area contributed by atoms with E-state index >= 15 is 0 Å². The van der Waals surface area contributed by atoms with Crippen LogP contribution in [0.25, 0.3) is 11.0 Å². The standard InChI is InChI=1S/C20H19N5O4/c1-10(21)15(11(2)26)12-6-7-13-16-17(12)29-9-20(18(22)27,25(16)19(28)24-13)14-5-3-4-8-23-14/h3-8,15,21H,9H2,1-2H3,(H2,22,27)(H,24,28). The number of rotatable bonds is 5. The number of aromatic nitrogens is 3. The molecule has 2 aromatic heterocycles. The maximum Gasteiger partial charge on any atom is 0.327 e. The van der Waals surface area contributed by atoms with Crippen LogP contribution in [0.3, 0.4) is 0 Å². The molecule has 4 rings (SSSR count). The molecular weight excluding hydrogens is 374 g/mol. The number of Topliss-reactive ketones (excluding diaryl/α,β-unsaturated/α-hetero) is 1. The average Bonchev–Trinajstić information content (AvgIpc) is 3.02. The van der Waals surface area contributed by atoms with E-state index in [1.807, 2.05) is 0 Å². The molecular formula is C20H19N5O4. The maximum absolute atomic E-state index is 12.9. The number of nitrogens with zero attached hydrogens (tertiary/aromatic N) is 2. The number of H-pyrrole nitrogens is 1. The Kier molecular flexibility index (Phi) is 4.11. The number of carbonyl (C=O) groups excluding carboxylic acids is 2. The van der Waals surface area contributed by atoms with E-state index in [-0.39, 0.29) is 29.5 Å². The van der Waals surface area contributed by atoms with Crippen molar-refractivity contribution in [2.75, 3.05) is 6.61 Å². The van der Waals surface area contributed by atoms with Gasteiger partial charge >= 0.3 is 5.69 Å². The molecule has 9 nitrogen and oxygen atoms in total. The Morgan fingerprint density at radius 1 is 1.31 bits per heavy atom. The number of ether oxygens (including phenoxy) is 1. The van der Waals surface area contributed by atoms with E-state index in [0.717, 1.165) is 0 Å². The largest absolute Gasteiger partial charge is 0.488 e. The van der Waals surface area contributed by atoms with E-state index in [2.05, 4.69) is 9.97 Å². The second-order valence-corrected chi connectivity index (χ2v) is 7.10. The molecule has 0 spiro atoms. The number of aromatic amines is 1. The second kappa shape index (κ2) is 6.40. The summed E-state index contributed by atoms with van der Waals surface area (Å²) in [6.45, 7) is 2.67. The van der Waals surface area contributed by atoms with E-state index in [1.54, 1.807) is 30.3 Å². The molecule has 3 heterocycles. The Morgan fingerprint density at radius 2 is 2.07 bits per heavy atom. The van der Waals surface area contributed by atoms with Crippen molar-refractivity contribution in [1.29, 1.82) is 5.41 Å². The summed E-state index contributed by atoms with van der Waals surface area (Å²) in [5, 5.41) is 8.02. The van der Waals surface area contributed by atoms with Crippen molar-refractivity contribution in [2.45, 2.75) is 25.3 Å². The van der Waals surface area contributed by atoms with Gasteiger partial charge in [0.2, 0.25) is 5.54 Å². The number of hydrogen-bond acceptors (Lipinski definition) is 6. The highest BCUT2D eigenvalue weighted by Gasteiger charge is 2.49. The van der Waals surface area contributed by atoms with Gasteiger partial charge < -0.3 is 20.9 Å². The third-order valence-electron chi connectivity index (χ3n) is 5.28. The number of ketones is 1.